The van der Waals surface area contributed by atoms with E-state index in [9.17, 15) is 4.79 Å². The number of nitrogens with one attached hydrogen (secondary N) is 2. The summed E-state index contributed by atoms with van der Waals surface area (Å²) in [7, 11) is 0. The van der Waals surface area contributed by atoms with Gasteiger partial charge in [-0.05, 0) is 18.1 Å². The van der Waals surface area contributed by atoms with Gasteiger partial charge in [0.05, 0.1) is 5.56 Å². The number of anilines is 3. The Labute approximate surface area is 161 Å². The van der Waals surface area contributed by atoms with Crippen molar-refractivity contribution in [2.45, 2.75) is 26.2 Å². The molecule has 0 spiro atoms. The Hall–Kier alpha value is -3.93. The lowest BCUT2D eigenvalue weighted by molar-refractivity contribution is 0.262. The maximum atomic E-state index is 12.2. The van der Waals surface area contributed by atoms with E-state index in [4.69, 9.17) is 10.3 Å². The first-order valence-electron chi connectivity index (χ1n) is 8.40. The van der Waals surface area contributed by atoms with E-state index in [0.29, 0.717) is 28.5 Å². The Morgan fingerprint density at radius 2 is 1.86 bits per heavy atom. The number of amides is 2. The Morgan fingerprint density at radius 3 is 2.54 bits per heavy atom. The number of urea groups is 1. The molecule has 3 rings (SSSR count). The molecule has 0 aliphatic rings. The van der Waals surface area contributed by atoms with Crippen LogP contribution in [0.3, 0.4) is 0 Å². The van der Waals surface area contributed by atoms with Crippen molar-refractivity contribution in [3.63, 3.8) is 0 Å². The van der Waals surface area contributed by atoms with Crippen LogP contribution in [0.4, 0.5) is 22.2 Å². The molecule has 0 radical (unpaired) electrons. The highest BCUT2D eigenvalue weighted by atomic mass is 16.5. The first-order chi connectivity index (χ1) is 13.3. The van der Waals surface area contributed by atoms with Crippen molar-refractivity contribution < 1.29 is 9.32 Å². The van der Waals surface area contributed by atoms with Gasteiger partial charge in [-0.2, -0.15) is 0 Å². The number of nitrogen functional groups attached to an aromatic ring is 1. The largest absolute Gasteiger partial charge is 0.368 e. The van der Waals surface area contributed by atoms with E-state index in [1.54, 1.807) is 24.4 Å². The second-order valence-corrected chi connectivity index (χ2v) is 6.92. The Balaban J connectivity index is 1.65. The summed E-state index contributed by atoms with van der Waals surface area (Å²) >= 11 is 0. The van der Waals surface area contributed by atoms with Gasteiger partial charge in [-0.25, -0.2) is 19.7 Å². The summed E-state index contributed by atoms with van der Waals surface area (Å²) in [6.45, 7) is 5.98. The summed E-state index contributed by atoms with van der Waals surface area (Å²) in [6.07, 6.45) is 4.59. The molecule has 0 fully saturated rings. The fraction of sp³-hybridized carbons (Fsp3) is 0.211. The molecule has 9 nitrogen and oxygen atoms in total. The van der Waals surface area contributed by atoms with E-state index < -0.39 is 6.03 Å². The number of hydrogen-bond acceptors (Lipinski definition) is 7. The van der Waals surface area contributed by atoms with Gasteiger partial charge < -0.3 is 15.6 Å². The van der Waals surface area contributed by atoms with Crippen LogP contribution in [0.5, 0.6) is 0 Å². The van der Waals surface area contributed by atoms with E-state index in [-0.39, 0.29) is 11.4 Å². The van der Waals surface area contributed by atoms with Gasteiger partial charge >= 0.3 is 6.03 Å². The zero-order valence-corrected chi connectivity index (χ0v) is 15.6. The third kappa shape index (κ3) is 5.04. The van der Waals surface area contributed by atoms with E-state index >= 15 is 0 Å². The monoisotopic (exact) mass is 377 g/mol. The fourth-order valence-corrected chi connectivity index (χ4v) is 2.08. The Kier molecular flexibility index (Phi) is 5.22. The van der Waals surface area contributed by atoms with Gasteiger partial charge in [-0.3, -0.25) is 5.32 Å². The van der Waals surface area contributed by atoms with Crippen molar-refractivity contribution in [1.82, 2.24) is 20.1 Å². The molecule has 0 atom stereocenters. The molecule has 0 aromatic carbocycles. The zero-order chi connectivity index (χ0) is 20.1. The van der Waals surface area contributed by atoms with Gasteiger partial charge in [0.15, 0.2) is 5.82 Å². The average molecular weight is 377 g/mol. The second-order valence-electron chi connectivity index (χ2n) is 6.92. The quantitative estimate of drug-likeness (QED) is 0.585. The van der Waals surface area contributed by atoms with Crippen molar-refractivity contribution >= 4 is 23.5 Å². The number of nitrogens with zero attached hydrogens (tertiary/aromatic N) is 4. The molecule has 28 heavy (non-hydrogen) atoms. The second kappa shape index (κ2) is 7.75. The van der Waals surface area contributed by atoms with Crippen LogP contribution >= 0.6 is 0 Å². The smallest absolute Gasteiger partial charge is 0.324 e. The summed E-state index contributed by atoms with van der Waals surface area (Å²) in [4.78, 5) is 24.1. The highest BCUT2D eigenvalue weighted by Gasteiger charge is 2.20. The Morgan fingerprint density at radius 1 is 1.11 bits per heavy atom. The predicted molar refractivity (Wildman–Crippen MR) is 105 cm³/mol. The molecule has 3 aromatic heterocycles. The third-order valence-corrected chi connectivity index (χ3v) is 3.52. The number of hydrogen-bond donors (Lipinski definition) is 3. The number of pyridine rings is 1. The zero-order valence-electron chi connectivity index (χ0n) is 15.6. The van der Waals surface area contributed by atoms with Crippen molar-refractivity contribution in [2.24, 2.45) is 0 Å². The highest BCUT2D eigenvalue weighted by Crippen LogP contribution is 2.24. The SMILES string of the molecule is CC(C)(C)c1cc(NC(=O)Nc2ccnc(C#Cc3cnc(N)nc3)c2)no1. The fourth-order valence-electron chi connectivity index (χ4n) is 2.08. The van der Waals surface area contributed by atoms with Gasteiger partial charge in [-0.15, -0.1) is 0 Å². The van der Waals surface area contributed by atoms with E-state index in [1.165, 1.54) is 12.4 Å². The molecule has 9 heteroatoms. The summed E-state index contributed by atoms with van der Waals surface area (Å²) in [5.41, 5.74) is 6.86. The lowest BCUT2D eigenvalue weighted by atomic mass is 9.93. The summed E-state index contributed by atoms with van der Waals surface area (Å²) in [5, 5.41) is 9.18. The minimum Gasteiger partial charge on any atom is -0.368 e. The average Bonchev–Trinajstić information content (AvgIpc) is 3.10. The number of carbonyl (C=O) groups is 1. The highest BCUT2D eigenvalue weighted by molar-refractivity contribution is 5.99. The van der Waals surface area contributed by atoms with Crippen LogP contribution < -0.4 is 16.4 Å². The molecule has 0 aliphatic carbocycles. The van der Waals surface area contributed by atoms with Crippen molar-refractivity contribution in [3.8, 4) is 11.8 Å². The molecule has 0 saturated carbocycles. The predicted octanol–water partition coefficient (Wildman–Crippen LogP) is 2.78. The molecule has 0 aliphatic heterocycles. The van der Waals surface area contributed by atoms with Crippen LogP contribution in [0.1, 0.15) is 37.8 Å². The van der Waals surface area contributed by atoms with Crippen LogP contribution in [0.2, 0.25) is 0 Å². The number of nitrogens with two attached hydrogens (primary N) is 1. The summed E-state index contributed by atoms with van der Waals surface area (Å²) in [6, 6.07) is 4.54. The molecule has 3 aromatic rings. The standard InChI is InChI=1S/C19H19N7O2/c1-19(2,3)15-9-16(26-28-15)25-18(27)24-14-6-7-21-13(8-14)5-4-12-10-22-17(20)23-11-12/h6-11H,1-3H3,(H2,20,22,23)(H2,21,24,25,26,27). The molecular weight excluding hydrogens is 358 g/mol. The third-order valence-electron chi connectivity index (χ3n) is 3.52. The van der Waals surface area contributed by atoms with Crippen LogP contribution in [-0.4, -0.2) is 26.1 Å². The summed E-state index contributed by atoms with van der Waals surface area (Å²) < 4.78 is 5.24. The van der Waals surface area contributed by atoms with Crippen LogP contribution in [-0.2, 0) is 5.41 Å². The van der Waals surface area contributed by atoms with Gasteiger partial charge in [0.1, 0.15) is 11.5 Å². The molecule has 0 unspecified atom stereocenters. The molecule has 0 bridgehead atoms. The van der Waals surface area contributed by atoms with Gasteiger partial charge in [0.2, 0.25) is 5.95 Å². The van der Waals surface area contributed by atoms with Crippen LogP contribution in [0, 0.1) is 11.8 Å². The minimum absolute atomic E-state index is 0.183. The van der Waals surface area contributed by atoms with Crippen molar-refractivity contribution in [1.29, 1.82) is 0 Å². The van der Waals surface area contributed by atoms with Crippen molar-refractivity contribution in [2.75, 3.05) is 16.4 Å². The first-order valence-corrected chi connectivity index (χ1v) is 8.40. The van der Waals surface area contributed by atoms with Gasteiger partial charge in [0.25, 0.3) is 0 Å². The van der Waals surface area contributed by atoms with Crippen LogP contribution in [0.15, 0.2) is 41.3 Å². The molecule has 142 valence electrons. The maximum Gasteiger partial charge on any atom is 0.324 e. The van der Waals surface area contributed by atoms with Crippen LogP contribution in [0.25, 0.3) is 0 Å². The van der Waals surface area contributed by atoms with E-state index in [1.807, 2.05) is 20.8 Å². The van der Waals surface area contributed by atoms with E-state index in [0.717, 1.165) is 0 Å². The lowest BCUT2D eigenvalue weighted by Gasteiger charge is -2.12. The molecular formula is C19H19N7O2. The molecule has 2 amide bonds. The Bertz CT molecular complexity index is 1040. The lowest BCUT2D eigenvalue weighted by Crippen LogP contribution is -2.19. The number of carbonyl (C=O) groups excluding carboxylic acids is 1. The number of aromatic nitrogens is 4. The number of rotatable bonds is 2. The molecule has 0 saturated heterocycles. The first kappa shape index (κ1) is 18.8. The van der Waals surface area contributed by atoms with Gasteiger partial charge in [-0.1, -0.05) is 31.8 Å². The summed E-state index contributed by atoms with van der Waals surface area (Å²) in [5.74, 6) is 6.96. The minimum atomic E-state index is -0.453. The van der Waals surface area contributed by atoms with Crippen molar-refractivity contribution in [3.05, 3.63) is 53.8 Å². The molecule has 4 N–H and O–H groups in total. The van der Waals surface area contributed by atoms with E-state index in [2.05, 4.69) is 42.6 Å². The normalized spacial score (nSPS) is 10.7. The molecule has 3 heterocycles. The maximum absolute atomic E-state index is 12.2. The van der Waals surface area contributed by atoms with Gasteiger partial charge in [0, 0.05) is 35.8 Å². The topological polar surface area (TPSA) is 132 Å².